The number of rotatable bonds is 3. The summed E-state index contributed by atoms with van der Waals surface area (Å²) in [4.78, 5) is 2.08. The second-order valence-corrected chi connectivity index (χ2v) is 5.83. The van der Waals surface area contributed by atoms with Gasteiger partial charge in [-0.2, -0.15) is 5.26 Å². The Morgan fingerprint density at radius 3 is 2.88 bits per heavy atom. The zero-order valence-corrected chi connectivity index (χ0v) is 10.7. The lowest BCUT2D eigenvalue weighted by Gasteiger charge is -2.22. The summed E-state index contributed by atoms with van der Waals surface area (Å²) in [7, 11) is 0. The van der Waals surface area contributed by atoms with Crippen molar-refractivity contribution in [3.05, 3.63) is 21.9 Å². The van der Waals surface area contributed by atoms with Crippen LogP contribution in [-0.2, 0) is 0 Å². The maximum Gasteiger partial charge on any atom is 0.110 e. The van der Waals surface area contributed by atoms with Gasteiger partial charge >= 0.3 is 0 Å². The molecule has 0 spiro atoms. The third-order valence-corrected chi connectivity index (χ3v) is 4.66. The van der Waals surface area contributed by atoms with Crippen molar-refractivity contribution < 1.29 is 0 Å². The largest absolute Gasteiger partial charge is 0.306 e. The van der Waals surface area contributed by atoms with Gasteiger partial charge in [-0.15, -0.1) is 11.3 Å². The van der Waals surface area contributed by atoms with Crippen molar-refractivity contribution in [1.82, 2.24) is 5.32 Å². The molecular formula is C13H18N2S. The second-order valence-electron chi connectivity index (χ2n) is 4.72. The monoisotopic (exact) mass is 234 g/mol. The minimum absolute atomic E-state index is 0.373. The molecule has 0 aliphatic heterocycles. The van der Waals surface area contributed by atoms with E-state index in [2.05, 4.69) is 31.3 Å². The third kappa shape index (κ3) is 2.45. The fourth-order valence-electron chi connectivity index (χ4n) is 2.44. The summed E-state index contributed by atoms with van der Waals surface area (Å²) in [5.74, 6) is 0.790. The highest BCUT2D eigenvalue weighted by atomic mass is 32.1. The molecule has 0 bridgehead atoms. The molecule has 3 atom stereocenters. The number of hydrogen-bond acceptors (Lipinski definition) is 3. The van der Waals surface area contributed by atoms with Crippen LogP contribution in [0.5, 0.6) is 0 Å². The van der Waals surface area contributed by atoms with E-state index in [4.69, 9.17) is 5.26 Å². The topological polar surface area (TPSA) is 35.8 Å². The molecule has 0 saturated heterocycles. The highest BCUT2D eigenvalue weighted by molar-refractivity contribution is 7.12. The lowest BCUT2D eigenvalue weighted by Crippen LogP contribution is -2.32. The molecule has 1 aromatic rings. The summed E-state index contributed by atoms with van der Waals surface area (Å²) < 4.78 is 0. The number of nitrogens with one attached hydrogen (secondary N) is 1. The molecule has 2 nitrogen and oxygen atoms in total. The molecular weight excluding hydrogens is 216 g/mol. The van der Waals surface area contributed by atoms with Gasteiger partial charge in [0.05, 0.1) is 0 Å². The first-order chi connectivity index (χ1) is 7.70. The minimum atomic E-state index is 0.373. The molecule has 1 aliphatic rings. The molecule has 0 aromatic carbocycles. The summed E-state index contributed by atoms with van der Waals surface area (Å²) in [5.41, 5.74) is 0. The summed E-state index contributed by atoms with van der Waals surface area (Å²) in [6.07, 6.45) is 3.99. The number of hydrogen-bond donors (Lipinski definition) is 1. The van der Waals surface area contributed by atoms with E-state index in [1.165, 1.54) is 24.1 Å². The Hall–Kier alpha value is -0.850. The fourth-order valence-corrected chi connectivity index (χ4v) is 3.26. The van der Waals surface area contributed by atoms with Gasteiger partial charge < -0.3 is 5.32 Å². The molecule has 3 unspecified atom stereocenters. The Bertz CT molecular complexity index is 391. The van der Waals surface area contributed by atoms with Crippen LogP contribution in [0, 0.1) is 17.2 Å². The van der Waals surface area contributed by atoms with E-state index in [1.54, 1.807) is 11.3 Å². The number of thiophene rings is 1. The summed E-state index contributed by atoms with van der Waals surface area (Å²) in [6, 6.07) is 7.21. The highest BCUT2D eigenvalue weighted by Gasteiger charge is 2.24. The van der Waals surface area contributed by atoms with Crippen molar-refractivity contribution in [2.45, 2.75) is 45.2 Å². The highest BCUT2D eigenvalue weighted by Crippen LogP contribution is 2.29. The lowest BCUT2D eigenvalue weighted by atomic mass is 10.1. The Morgan fingerprint density at radius 1 is 1.50 bits per heavy atom. The molecule has 1 heterocycles. The van der Waals surface area contributed by atoms with Gasteiger partial charge in [0, 0.05) is 17.0 Å². The van der Waals surface area contributed by atoms with Crippen LogP contribution in [-0.4, -0.2) is 6.04 Å². The van der Waals surface area contributed by atoms with Crippen molar-refractivity contribution in [3.8, 4) is 6.07 Å². The van der Waals surface area contributed by atoms with E-state index in [9.17, 15) is 0 Å². The van der Waals surface area contributed by atoms with E-state index in [-0.39, 0.29) is 0 Å². The van der Waals surface area contributed by atoms with E-state index in [0.717, 1.165) is 10.8 Å². The molecule has 1 saturated carbocycles. The molecule has 2 rings (SSSR count). The van der Waals surface area contributed by atoms with Gasteiger partial charge in [-0.1, -0.05) is 13.3 Å². The van der Waals surface area contributed by atoms with Crippen LogP contribution >= 0.6 is 11.3 Å². The quantitative estimate of drug-likeness (QED) is 0.869. The SMILES string of the molecule is CC(NC1CCCC1C)c1ccc(C#N)s1. The average molecular weight is 234 g/mol. The number of nitrogens with zero attached hydrogens (tertiary/aromatic N) is 1. The van der Waals surface area contributed by atoms with Gasteiger partial charge in [0.15, 0.2) is 0 Å². The maximum atomic E-state index is 8.80. The van der Waals surface area contributed by atoms with E-state index in [0.29, 0.717) is 12.1 Å². The van der Waals surface area contributed by atoms with Crippen LogP contribution in [0.2, 0.25) is 0 Å². The minimum Gasteiger partial charge on any atom is -0.306 e. The fraction of sp³-hybridized carbons (Fsp3) is 0.615. The van der Waals surface area contributed by atoms with Gasteiger partial charge in [0.2, 0.25) is 0 Å². The maximum absolute atomic E-state index is 8.80. The standard InChI is InChI=1S/C13H18N2S/c1-9-4-3-5-12(9)15-10(2)13-7-6-11(8-14)16-13/h6-7,9-10,12,15H,3-5H2,1-2H3. The normalized spacial score (nSPS) is 26.6. The molecule has 3 heteroatoms. The molecule has 16 heavy (non-hydrogen) atoms. The van der Waals surface area contributed by atoms with Crippen LogP contribution in [0.1, 0.15) is 48.9 Å². The first kappa shape index (κ1) is 11.6. The van der Waals surface area contributed by atoms with Crippen LogP contribution in [0.25, 0.3) is 0 Å². The van der Waals surface area contributed by atoms with Gasteiger partial charge in [-0.3, -0.25) is 0 Å². The molecule has 1 fully saturated rings. The van der Waals surface area contributed by atoms with Crippen molar-refractivity contribution in [1.29, 1.82) is 5.26 Å². The van der Waals surface area contributed by atoms with Crippen molar-refractivity contribution in [2.75, 3.05) is 0 Å². The summed E-state index contributed by atoms with van der Waals surface area (Å²) in [5, 5.41) is 12.5. The van der Waals surface area contributed by atoms with Crippen LogP contribution in [0.3, 0.4) is 0 Å². The van der Waals surface area contributed by atoms with Gasteiger partial charge in [-0.05, 0) is 37.8 Å². The van der Waals surface area contributed by atoms with Crippen LogP contribution in [0.4, 0.5) is 0 Å². The van der Waals surface area contributed by atoms with Crippen molar-refractivity contribution >= 4 is 11.3 Å². The zero-order chi connectivity index (χ0) is 11.5. The zero-order valence-electron chi connectivity index (χ0n) is 9.86. The van der Waals surface area contributed by atoms with E-state index >= 15 is 0 Å². The van der Waals surface area contributed by atoms with Gasteiger partial charge in [-0.25, -0.2) is 0 Å². The average Bonchev–Trinajstić information content (AvgIpc) is 2.88. The van der Waals surface area contributed by atoms with Gasteiger partial charge in [0.1, 0.15) is 10.9 Å². The van der Waals surface area contributed by atoms with Crippen molar-refractivity contribution in [3.63, 3.8) is 0 Å². The van der Waals surface area contributed by atoms with Crippen LogP contribution < -0.4 is 5.32 Å². The summed E-state index contributed by atoms with van der Waals surface area (Å²) >= 11 is 1.60. The Balaban J connectivity index is 1.97. The first-order valence-corrected chi connectivity index (χ1v) is 6.78. The molecule has 1 aliphatic carbocycles. The molecule has 0 radical (unpaired) electrons. The Morgan fingerprint density at radius 2 is 2.31 bits per heavy atom. The van der Waals surface area contributed by atoms with Crippen molar-refractivity contribution in [2.24, 2.45) is 5.92 Å². The smallest absolute Gasteiger partial charge is 0.110 e. The molecule has 0 amide bonds. The lowest BCUT2D eigenvalue weighted by molar-refractivity contribution is 0.391. The van der Waals surface area contributed by atoms with Gasteiger partial charge in [0.25, 0.3) is 0 Å². The predicted molar refractivity (Wildman–Crippen MR) is 67.4 cm³/mol. The predicted octanol–water partition coefficient (Wildman–Crippen LogP) is 3.46. The molecule has 86 valence electrons. The molecule has 1 aromatic heterocycles. The molecule has 1 N–H and O–H groups in total. The number of nitriles is 1. The Labute approximate surface area is 101 Å². The van der Waals surface area contributed by atoms with Crippen LogP contribution in [0.15, 0.2) is 12.1 Å². The second kappa shape index (κ2) is 4.99. The third-order valence-electron chi connectivity index (χ3n) is 3.49. The first-order valence-electron chi connectivity index (χ1n) is 5.96. The summed E-state index contributed by atoms with van der Waals surface area (Å²) in [6.45, 7) is 4.52. The van der Waals surface area contributed by atoms with E-state index < -0.39 is 0 Å². The Kier molecular flexibility index (Phi) is 3.63. The van der Waals surface area contributed by atoms with E-state index in [1.807, 2.05) is 6.07 Å².